The number of hydrogen-bond donors (Lipinski definition) is 1. The number of nitrogens with zero attached hydrogens (tertiary/aromatic N) is 2. The van der Waals surface area contributed by atoms with Crippen LogP contribution in [0.5, 0.6) is 0 Å². The van der Waals surface area contributed by atoms with Crippen molar-refractivity contribution in [3.8, 4) is 0 Å². The number of carbonyl (C=O) groups excluding carboxylic acids is 1. The summed E-state index contributed by atoms with van der Waals surface area (Å²) < 4.78 is 2.04. The zero-order valence-corrected chi connectivity index (χ0v) is 11.1. The summed E-state index contributed by atoms with van der Waals surface area (Å²) in [4.78, 5) is 11.8. The van der Waals surface area contributed by atoms with E-state index < -0.39 is 0 Å². The maximum Gasteiger partial charge on any atom is 0.271 e. The molecule has 0 saturated carbocycles. The fraction of sp³-hybridized carbons (Fsp3) is 0.200. The van der Waals surface area contributed by atoms with Crippen molar-refractivity contribution in [2.45, 2.75) is 20.4 Å². The van der Waals surface area contributed by atoms with Crippen molar-refractivity contribution in [2.75, 3.05) is 0 Å². The minimum absolute atomic E-state index is 0.203. The summed E-state index contributed by atoms with van der Waals surface area (Å²) in [5.41, 5.74) is 5.22. The lowest BCUT2D eigenvalue weighted by molar-refractivity contribution is 0.0955. The van der Waals surface area contributed by atoms with Gasteiger partial charge in [0.25, 0.3) is 5.91 Å². The first-order chi connectivity index (χ1) is 9.20. The van der Waals surface area contributed by atoms with E-state index in [1.807, 2.05) is 42.0 Å². The summed E-state index contributed by atoms with van der Waals surface area (Å²) in [6.07, 6.45) is 3.62. The highest BCUT2D eigenvalue weighted by Gasteiger charge is 2.02. The van der Waals surface area contributed by atoms with Crippen molar-refractivity contribution in [3.05, 3.63) is 59.4 Å². The Bertz CT molecular complexity index is 582. The number of carbonyl (C=O) groups is 1. The van der Waals surface area contributed by atoms with Gasteiger partial charge in [-0.05, 0) is 38.1 Å². The molecule has 0 spiro atoms. The Hall–Kier alpha value is -2.36. The summed E-state index contributed by atoms with van der Waals surface area (Å²) in [5.74, 6) is -0.203. The third-order valence-corrected chi connectivity index (χ3v) is 2.88. The number of benzene rings is 1. The Morgan fingerprint density at radius 3 is 2.74 bits per heavy atom. The van der Waals surface area contributed by atoms with Gasteiger partial charge < -0.3 is 4.57 Å². The van der Waals surface area contributed by atoms with Gasteiger partial charge >= 0.3 is 0 Å². The largest absolute Gasteiger partial charge is 0.347 e. The quantitative estimate of drug-likeness (QED) is 0.662. The molecule has 1 aromatic heterocycles. The smallest absolute Gasteiger partial charge is 0.271 e. The van der Waals surface area contributed by atoms with Gasteiger partial charge in [0.2, 0.25) is 0 Å². The summed E-state index contributed by atoms with van der Waals surface area (Å²) in [7, 11) is 0. The van der Waals surface area contributed by atoms with E-state index in [2.05, 4.69) is 17.5 Å². The number of aryl methyl sites for hydroxylation is 2. The van der Waals surface area contributed by atoms with Crippen molar-refractivity contribution in [2.24, 2.45) is 5.10 Å². The van der Waals surface area contributed by atoms with Crippen LogP contribution in [-0.4, -0.2) is 16.7 Å². The van der Waals surface area contributed by atoms with Gasteiger partial charge in [0.05, 0.1) is 11.9 Å². The van der Waals surface area contributed by atoms with Crippen LogP contribution in [0, 0.1) is 6.92 Å². The average Bonchev–Trinajstić information content (AvgIpc) is 2.87. The van der Waals surface area contributed by atoms with Gasteiger partial charge in [-0.3, -0.25) is 4.79 Å². The van der Waals surface area contributed by atoms with E-state index in [0.29, 0.717) is 5.56 Å². The molecule has 0 unspecified atom stereocenters. The number of aromatic nitrogens is 1. The molecule has 0 aliphatic heterocycles. The van der Waals surface area contributed by atoms with Gasteiger partial charge in [0, 0.05) is 18.3 Å². The minimum atomic E-state index is -0.203. The predicted molar refractivity (Wildman–Crippen MR) is 76.3 cm³/mol. The molecule has 0 bridgehead atoms. The minimum Gasteiger partial charge on any atom is -0.347 e. The molecule has 4 nitrogen and oxygen atoms in total. The van der Waals surface area contributed by atoms with Gasteiger partial charge in [0.15, 0.2) is 0 Å². The normalized spacial score (nSPS) is 10.8. The summed E-state index contributed by atoms with van der Waals surface area (Å²) in [6.45, 7) is 4.92. The Balaban J connectivity index is 1.99. The van der Waals surface area contributed by atoms with Crippen LogP contribution in [0.3, 0.4) is 0 Å². The first kappa shape index (κ1) is 13.1. The van der Waals surface area contributed by atoms with Crippen LogP contribution in [0.15, 0.2) is 47.7 Å². The van der Waals surface area contributed by atoms with Crippen LogP contribution in [0.1, 0.15) is 28.5 Å². The topological polar surface area (TPSA) is 46.4 Å². The Morgan fingerprint density at radius 1 is 1.32 bits per heavy atom. The molecule has 1 aromatic carbocycles. The Morgan fingerprint density at radius 2 is 2.05 bits per heavy atom. The highest BCUT2D eigenvalue weighted by atomic mass is 16.2. The molecule has 0 fully saturated rings. The van der Waals surface area contributed by atoms with Gasteiger partial charge in [-0.2, -0.15) is 5.10 Å². The molecule has 4 heteroatoms. The van der Waals surface area contributed by atoms with Crippen molar-refractivity contribution in [1.82, 2.24) is 9.99 Å². The summed E-state index contributed by atoms with van der Waals surface area (Å²) in [6, 6.07) is 11.3. The number of nitrogens with one attached hydrogen (secondary N) is 1. The number of hydrazone groups is 1. The third kappa shape index (κ3) is 3.31. The second-order valence-electron chi connectivity index (χ2n) is 4.28. The van der Waals surface area contributed by atoms with Crippen LogP contribution in [0.25, 0.3) is 0 Å². The fourth-order valence-electron chi connectivity index (χ4n) is 1.76. The van der Waals surface area contributed by atoms with Crippen LogP contribution in [0.4, 0.5) is 0 Å². The highest BCUT2D eigenvalue weighted by Crippen LogP contribution is 2.03. The number of amides is 1. The van der Waals surface area contributed by atoms with Crippen molar-refractivity contribution in [3.63, 3.8) is 0 Å². The van der Waals surface area contributed by atoms with Crippen LogP contribution in [-0.2, 0) is 6.54 Å². The number of hydrogen-bond acceptors (Lipinski definition) is 2. The maximum atomic E-state index is 11.8. The van der Waals surface area contributed by atoms with Crippen molar-refractivity contribution < 1.29 is 4.79 Å². The van der Waals surface area contributed by atoms with E-state index >= 15 is 0 Å². The monoisotopic (exact) mass is 255 g/mol. The zero-order chi connectivity index (χ0) is 13.7. The van der Waals surface area contributed by atoms with Gasteiger partial charge in [-0.25, -0.2) is 5.43 Å². The molecule has 0 aliphatic rings. The average molecular weight is 255 g/mol. The molecular formula is C15H17N3O. The lowest BCUT2D eigenvalue weighted by Gasteiger charge is -2.02. The lowest BCUT2D eigenvalue weighted by Crippen LogP contribution is -2.17. The number of rotatable bonds is 4. The van der Waals surface area contributed by atoms with E-state index in [0.717, 1.165) is 17.8 Å². The predicted octanol–water partition coefficient (Wildman–Crippen LogP) is 2.58. The van der Waals surface area contributed by atoms with Crippen LogP contribution in [0.2, 0.25) is 0 Å². The Kier molecular flexibility index (Phi) is 4.13. The van der Waals surface area contributed by atoms with E-state index in [1.165, 1.54) is 0 Å². The summed E-state index contributed by atoms with van der Waals surface area (Å²) in [5, 5.41) is 3.98. The van der Waals surface area contributed by atoms with E-state index in [4.69, 9.17) is 0 Å². The second kappa shape index (κ2) is 6.00. The molecule has 2 rings (SSSR count). The molecule has 1 amide bonds. The molecule has 19 heavy (non-hydrogen) atoms. The highest BCUT2D eigenvalue weighted by molar-refractivity contribution is 5.94. The molecule has 0 aliphatic carbocycles. The lowest BCUT2D eigenvalue weighted by atomic mass is 10.1. The van der Waals surface area contributed by atoms with Gasteiger partial charge in [-0.1, -0.05) is 17.7 Å². The van der Waals surface area contributed by atoms with Gasteiger partial charge in [0.1, 0.15) is 0 Å². The fourth-order valence-corrected chi connectivity index (χ4v) is 1.76. The van der Waals surface area contributed by atoms with E-state index in [9.17, 15) is 4.79 Å². The third-order valence-electron chi connectivity index (χ3n) is 2.88. The molecule has 1 N–H and O–H groups in total. The molecule has 0 radical (unpaired) electrons. The van der Waals surface area contributed by atoms with Crippen LogP contribution >= 0.6 is 0 Å². The van der Waals surface area contributed by atoms with Crippen molar-refractivity contribution in [1.29, 1.82) is 0 Å². The van der Waals surface area contributed by atoms with Gasteiger partial charge in [-0.15, -0.1) is 0 Å². The second-order valence-corrected chi connectivity index (χ2v) is 4.28. The van der Waals surface area contributed by atoms with E-state index in [1.54, 1.807) is 18.3 Å². The maximum absolute atomic E-state index is 11.8. The molecule has 2 aromatic rings. The van der Waals surface area contributed by atoms with Crippen molar-refractivity contribution >= 4 is 12.1 Å². The first-order valence-electron chi connectivity index (χ1n) is 6.26. The van der Waals surface area contributed by atoms with E-state index in [-0.39, 0.29) is 5.91 Å². The summed E-state index contributed by atoms with van der Waals surface area (Å²) >= 11 is 0. The molecule has 1 heterocycles. The molecule has 98 valence electrons. The molecule has 0 saturated heterocycles. The molecule has 0 atom stereocenters. The SMILES string of the molecule is CCn1cccc1/C=N\NC(=O)c1ccc(C)cc1. The first-order valence-corrected chi connectivity index (χ1v) is 6.26. The zero-order valence-electron chi connectivity index (χ0n) is 11.1. The van der Waals surface area contributed by atoms with Crippen LogP contribution < -0.4 is 5.43 Å². The Labute approximate surface area is 112 Å². The standard InChI is InChI=1S/C15H17N3O/c1-3-18-10-4-5-14(18)11-16-17-15(19)13-8-6-12(2)7-9-13/h4-11H,3H2,1-2H3,(H,17,19)/b16-11-. The molecular weight excluding hydrogens is 238 g/mol.